The molecule has 1 heterocycles. The number of hydrogen-bond donors (Lipinski definition) is 3. The third kappa shape index (κ3) is 3.02. The summed E-state index contributed by atoms with van der Waals surface area (Å²) in [7, 11) is 0. The number of carbonyl (C=O) groups excluding carboxylic acids is 1. The van der Waals surface area contributed by atoms with E-state index in [2.05, 4.69) is 4.98 Å². The summed E-state index contributed by atoms with van der Waals surface area (Å²) in [5, 5.41) is 9.57. The number of nitrogens with zero attached hydrogens (tertiary/aromatic N) is 1. The van der Waals surface area contributed by atoms with Gasteiger partial charge < -0.3 is 15.0 Å². The van der Waals surface area contributed by atoms with Crippen LogP contribution in [0.4, 0.5) is 5.69 Å². The number of aromatic nitrogens is 2. The molecule has 0 spiro atoms. The number of carbonyl (C=O) groups is 1. The standard InChI is InChI=1S/C14H15N3O4/c1-3-17(11-6-9(18)5-4-8(11)2)13(20)10-7-12(19)16-14(21)15-10/h4-7,18H,3H2,1-2H3,(H2,15,16,19,21). The second-order valence-corrected chi connectivity index (χ2v) is 4.52. The van der Waals surface area contributed by atoms with Gasteiger partial charge in [-0.15, -0.1) is 0 Å². The quantitative estimate of drug-likeness (QED) is 0.774. The maximum absolute atomic E-state index is 12.5. The summed E-state index contributed by atoms with van der Waals surface area (Å²) in [5.74, 6) is -0.490. The zero-order valence-electron chi connectivity index (χ0n) is 11.6. The van der Waals surface area contributed by atoms with Crippen LogP contribution in [-0.2, 0) is 0 Å². The van der Waals surface area contributed by atoms with Gasteiger partial charge in [0.2, 0.25) is 0 Å². The number of aryl methyl sites for hydroxylation is 1. The average molecular weight is 289 g/mol. The van der Waals surface area contributed by atoms with Crippen LogP contribution < -0.4 is 16.1 Å². The Morgan fingerprint density at radius 1 is 1.24 bits per heavy atom. The molecule has 0 unspecified atom stereocenters. The van der Waals surface area contributed by atoms with E-state index in [1.165, 1.54) is 17.0 Å². The van der Waals surface area contributed by atoms with Gasteiger partial charge in [-0.25, -0.2) is 4.79 Å². The Balaban J connectivity index is 2.50. The normalized spacial score (nSPS) is 10.4. The van der Waals surface area contributed by atoms with Crippen LogP contribution in [0.1, 0.15) is 23.0 Å². The van der Waals surface area contributed by atoms with Gasteiger partial charge in [-0.2, -0.15) is 0 Å². The number of amides is 1. The molecule has 1 aromatic heterocycles. The highest BCUT2D eigenvalue weighted by Gasteiger charge is 2.19. The van der Waals surface area contributed by atoms with Gasteiger partial charge in [-0.3, -0.25) is 14.6 Å². The van der Waals surface area contributed by atoms with E-state index in [-0.39, 0.29) is 11.4 Å². The van der Waals surface area contributed by atoms with E-state index in [1.807, 2.05) is 4.98 Å². The molecular formula is C14H15N3O4. The smallest absolute Gasteiger partial charge is 0.326 e. The lowest BCUT2D eigenvalue weighted by Gasteiger charge is -2.22. The first-order chi connectivity index (χ1) is 9.92. The summed E-state index contributed by atoms with van der Waals surface area (Å²) in [6, 6.07) is 5.69. The molecule has 21 heavy (non-hydrogen) atoms. The Labute approximate surface area is 119 Å². The fourth-order valence-electron chi connectivity index (χ4n) is 2.04. The van der Waals surface area contributed by atoms with Crippen LogP contribution in [-0.4, -0.2) is 27.5 Å². The van der Waals surface area contributed by atoms with Crippen molar-refractivity contribution < 1.29 is 9.90 Å². The van der Waals surface area contributed by atoms with Crippen molar-refractivity contribution in [1.82, 2.24) is 9.97 Å². The maximum Gasteiger partial charge on any atom is 0.326 e. The molecule has 7 heteroatoms. The van der Waals surface area contributed by atoms with Crippen molar-refractivity contribution in [2.45, 2.75) is 13.8 Å². The largest absolute Gasteiger partial charge is 0.508 e. The van der Waals surface area contributed by atoms with Crippen molar-refractivity contribution in [3.8, 4) is 5.75 Å². The number of aromatic amines is 2. The molecule has 110 valence electrons. The predicted molar refractivity (Wildman–Crippen MR) is 77.9 cm³/mol. The van der Waals surface area contributed by atoms with Gasteiger partial charge in [0.15, 0.2) is 0 Å². The number of hydrogen-bond acceptors (Lipinski definition) is 4. The Morgan fingerprint density at radius 2 is 1.95 bits per heavy atom. The molecule has 0 atom stereocenters. The molecule has 0 saturated heterocycles. The number of phenols is 1. The highest BCUT2D eigenvalue weighted by Crippen LogP contribution is 2.25. The van der Waals surface area contributed by atoms with Gasteiger partial charge in [0.05, 0.1) is 5.69 Å². The van der Waals surface area contributed by atoms with E-state index in [4.69, 9.17) is 0 Å². The van der Waals surface area contributed by atoms with Crippen molar-refractivity contribution in [2.75, 3.05) is 11.4 Å². The molecule has 0 aliphatic carbocycles. The number of H-pyrrole nitrogens is 2. The predicted octanol–water partition coefficient (Wildman–Crippen LogP) is 0.744. The summed E-state index contributed by atoms with van der Waals surface area (Å²) in [6.07, 6.45) is 0. The van der Waals surface area contributed by atoms with Crippen LogP contribution in [0.15, 0.2) is 33.9 Å². The molecule has 0 saturated carbocycles. The lowest BCUT2D eigenvalue weighted by atomic mass is 10.1. The molecule has 2 aromatic rings. The van der Waals surface area contributed by atoms with Gasteiger partial charge >= 0.3 is 5.69 Å². The number of rotatable bonds is 3. The Morgan fingerprint density at radius 3 is 2.57 bits per heavy atom. The summed E-state index contributed by atoms with van der Waals surface area (Å²) in [5.41, 5.74) is -0.188. The third-order valence-electron chi connectivity index (χ3n) is 3.04. The van der Waals surface area contributed by atoms with E-state index in [1.54, 1.807) is 19.9 Å². The number of phenolic OH excluding ortho intramolecular Hbond substituents is 1. The average Bonchev–Trinajstić information content (AvgIpc) is 2.42. The minimum Gasteiger partial charge on any atom is -0.508 e. The zero-order valence-corrected chi connectivity index (χ0v) is 11.6. The van der Waals surface area contributed by atoms with Crippen LogP contribution in [0.5, 0.6) is 5.75 Å². The van der Waals surface area contributed by atoms with Gasteiger partial charge in [-0.05, 0) is 25.5 Å². The molecular weight excluding hydrogens is 274 g/mol. The van der Waals surface area contributed by atoms with Crippen LogP contribution in [0.2, 0.25) is 0 Å². The number of anilines is 1. The van der Waals surface area contributed by atoms with Crippen molar-refractivity contribution in [1.29, 1.82) is 0 Å². The molecule has 0 aliphatic heterocycles. The van der Waals surface area contributed by atoms with Crippen molar-refractivity contribution in [2.24, 2.45) is 0 Å². The molecule has 7 nitrogen and oxygen atoms in total. The molecule has 1 amide bonds. The monoisotopic (exact) mass is 289 g/mol. The van der Waals surface area contributed by atoms with E-state index in [9.17, 15) is 19.5 Å². The lowest BCUT2D eigenvalue weighted by molar-refractivity contribution is 0.0982. The van der Waals surface area contributed by atoms with Gasteiger partial charge in [0, 0.05) is 18.7 Å². The zero-order chi connectivity index (χ0) is 15.6. The third-order valence-corrected chi connectivity index (χ3v) is 3.04. The minimum absolute atomic E-state index is 0.0289. The summed E-state index contributed by atoms with van der Waals surface area (Å²) in [6.45, 7) is 3.87. The molecule has 0 aliphatic rings. The van der Waals surface area contributed by atoms with Crippen molar-refractivity contribution >= 4 is 11.6 Å². The fourth-order valence-corrected chi connectivity index (χ4v) is 2.04. The van der Waals surface area contributed by atoms with Crippen LogP contribution in [0.3, 0.4) is 0 Å². The van der Waals surface area contributed by atoms with Crippen LogP contribution >= 0.6 is 0 Å². The molecule has 0 fully saturated rings. The molecule has 3 N–H and O–H groups in total. The molecule has 1 aromatic carbocycles. The van der Waals surface area contributed by atoms with E-state index in [0.717, 1.165) is 11.6 Å². The van der Waals surface area contributed by atoms with Crippen molar-refractivity contribution in [3.63, 3.8) is 0 Å². The van der Waals surface area contributed by atoms with E-state index < -0.39 is 17.2 Å². The van der Waals surface area contributed by atoms with Gasteiger partial charge in [-0.1, -0.05) is 6.07 Å². The molecule has 0 radical (unpaired) electrons. The summed E-state index contributed by atoms with van der Waals surface area (Å²) < 4.78 is 0. The van der Waals surface area contributed by atoms with Crippen molar-refractivity contribution in [3.05, 3.63) is 56.4 Å². The first kappa shape index (κ1) is 14.6. The van der Waals surface area contributed by atoms with E-state index >= 15 is 0 Å². The fraction of sp³-hybridized carbons (Fsp3) is 0.214. The first-order valence-corrected chi connectivity index (χ1v) is 6.37. The topological polar surface area (TPSA) is 106 Å². The number of aromatic hydroxyl groups is 1. The Kier molecular flexibility index (Phi) is 3.93. The van der Waals surface area contributed by atoms with Gasteiger partial charge in [0.25, 0.3) is 11.5 Å². The SMILES string of the molecule is CCN(C(=O)c1cc(=O)[nH]c(=O)[nH]1)c1cc(O)ccc1C. The molecule has 0 bridgehead atoms. The maximum atomic E-state index is 12.5. The highest BCUT2D eigenvalue weighted by atomic mass is 16.3. The Bertz CT molecular complexity index is 763. The summed E-state index contributed by atoms with van der Waals surface area (Å²) >= 11 is 0. The summed E-state index contributed by atoms with van der Waals surface area (Å²) in [4.78, 5) is 40.7. The number of benzene rings is 1. The second kappa shape index (κ2) is 5.66. The second-order valence-electron chi connectivity index (χ2n) is 4.52. The molecule has 2 rings (SSSR count). The first-order valence-electron chi connectivity index (χ1n) is 6.37. The lowest BCUT2D eigenvalue weighted by Crippen LogP contribution is -2.35. The minimum atomic E-state index is -0.741. The highest BCUT2D eigenvalue weighted by molar-refractivity contribution is 6.05. The van der Waals surface area contributed by atoms with E-state index in [0.29, 0.717) is 12.2 Å². The van der Waals surface area contributed by atoms with Crippen LogP contribution in [0.25, 0.3) is 0 Å². The number of nitrogens with one attached hydrogen (secondary N) is 2. The van der Waals surface area contributed by atoms with Gasteiger partial charge in [0.1, 0.15) is 11.4 Å². The Hall–Kier alpha value is -2.83. The van der Waals surface area contributed by atoms with Crippen LogP contribution in [0, 0.1) is 6.92 Å².